The highest BCUT2D eigenvalue weighted by Gasteiger charge is 2.44. The van der Waals surface area contributed by atoms with Crippen LogP contribution in [-0.4, -0.2) is 61.8 Å². The third-order valence-electron chi connectivity index (χ3n) is 5.58. The maximum atomic E-state index is 13.2. The SMILES string of the molecule is CN[C@@H](C)C(=O)N1CCC(N(C2CC2)S(=O)(=O)c2cccc(C(F)(F)F)c2)CC1. The number of benzene rings is 1. The standard InChI is InChI=1S/C19H26F3N3O3S/c1-13(23-2)18(26)24-10-8-16(9-11-24)25(15-6-7-15)29(27,28)17-5-3-4-14(12-17)19(20,21)22/h3-5,12-13,15-16,23H,6-11H2,1-2H3/t13-/m0/s1. The normalized spacial score (nSPS) is 20.1. The molecule has 1 amide bonds. The number of nitrogens with one attached hydrogen (secondary N) is 1. The first-order valence-corrected chi connectivity index (χ1v) is 11.2. The number of likely N-dealkylation sites (N-methyl/N-ethyl adjacent to an activating group) is 1. The van der Waals surface area contributed by atoms with Crippen molar-refractivity contribution in [3.63, 3.8) is 0 Å². The van der Waals surface area contributed by atoms with E-state index in [0.717, 1.165) is 12.1 Å². The Morgan fingerprint density at radius 1 is 1.17 bits per heavy atom. The number of likely N-dealkylation sites (tertiary alicyclic amines) is 1. The van der Waals surface area contributed by atoms with Crippen molar-refractivity contribution in [2.75, 3.05) is 20.1 Å². The number of nitrogens with zero attached hydrogens (tertiary/aromatic N) is 2. The number of halogens is 3. The molecule has 3 rings (SSSR count). The van der Waals surface area contributed by atoms with Gasteiger partial charge >= 0.3 is 6.18 Å². The van der Waals surface area contributed by atoms with Crippen molar-refractivity contribution in [1.82, 2.24) is 14.5 Å². The van der Waals surface area contributed by atoms with E-state index in [-0.39, 0.29) is 28.9 Å². The number of sulfonamides is 1. The van der Waals surface area contributed by atoms with Gasteiger partial charge in [-0.25, -0.2) is 8.42 Å². The number of piperidine rings is 1. The molecule has 1 aliphatic carbocycles. The van der Waals surface area contributed by atoms with Crippen LogP contribution in [0.4, 0.5) is 13.2 Å². The molecule has 6 nitrogen and oxygen atoms in total. The van der Waals surface area contributed by atoms with E-state index in [1.807, 2.05) is 0 Å². The fourth-order valence-electron chi connectivity index (χ4n) is 3.71. The Hall–Kier alpha value is -1.65. The number of alkyl halides is 3. The summed E-state index contributed by atoms with van der Waals surface area (Å²) in [6, 6.07) is 3.09. The molecular weight excluding hydrogens is 407 g/mol. The van der Waals surface area contributed by atoms with Gasteiger partial charge in [-0.1, -0.05) is 6.07 Å². The van der Waals surface area contributed by atoms with E-state index in [9.17, 15) is 26.4 Å². The van der Waals surface area contributed by atoms with Gasteiger partial charge in [-0.2, -0.15) is 17.5 Å². The van der Waals surface area contributed by atoms with E-state index in [2.05, 4.69) is 5.32 Å². The minimum absolute atomic E-state index is 0.0374. The number of amides is 1. The summed E-state index contributed by atoms with van der Waals surface area (Å²) in [5.41, 5.74) is -0.976. The Kier molecular flexibility index (Phi) is 6.26. The lowest BCUT2D eigenvalue weighted by Crippen LogP contribution is -2.52. The average Bonchev–Trinajstić information content (AvgIpc) is 3.51. The lowest BCUT2D eigenvalue weighted by atomic mass is 10.0. The molecule has 29 heavy (non-hydrogen) atoms. The lowest BCUT2D eigenvalue weighted by molar-refractivity contribution is -0.137. The second-order valence-corrected chi connectivity index (χ2v) is 9.50. The molecule has 1 aromatic rings. The summed E-state index contributed by atoms with van der Waals surface area (Å²) in [5.74, 6) is -0.0374. The van der Waals surface area contributed by atoms with Crippen LogP contribution in [0.15, 0.2) is 29.2 Å². The minimum atomic E-state index is -4.61. The van der Waals surface area contributed by atoms with Gasteiger partial charge in [0.05, 0.1) is 16.5 Å². The molecule has 1 saturated carbocycles. The highest BCUT2D eigenvalue weighted by atomic mass is 32.2. The molecule has 1 saturated heterocycles. The van der Waals surface area contributed by atoms with Crippen LogP contribution in [0, 0.1) is 0 Å². The summed E-state index contributed by atoms with van der Waals surface area (Å²) >= 11 is 0. The predicted octanol–water partition coefficient (Wildman–Crippen LogP) is 2.46. The smallest absolute Gasteiger partial charge is 0.341 e. The van der Waals surface area contributed by atoms with Crippen LogP contribution in [0.2, 0.25) is 0 Å². The van der Waals surface area contributed by atoms with Gasteiger partial charge in [0, 0.05) is 25.2 Å². The molecule has 2 fully saturated rings. The van der Waals surface area contributed by atoms with Crippen LogP contribution in [0.1, 0.15) is 38.2 Å². The summed E-state index contributed by atoms with van der Waals surface area (Å²) < 4.78 is 67.0. The van der Waals surface area contributed by atoms with E-state index in [1.54, 1.807) is 18.9 Å². The molecule has 1 aliphatic heterocycles. The summed E-state index contributed by atoms with van der Waals surface area (Å²) in [5, 5.41) is 2.90. The van der Waals surface area contributed by atoms with Gasteiger partial charge in [0.25, 0.3) is 0 Å². The second-order valence-electron chi connectivity index (χ2n) is 7.66. The molecule has 1 atom stereocenters. The molecule has 10 heteroatoms. The number of hydrogen-bond donors (Lipinski definition) is 1. The fourth-order valence-corrected chi connectivity index (χ4v) is 5.69. The van der Waals surface area contributed by atoms with Gasteiger partial charge in [0.2, 0.25) is 15.9 Å². The molecule has 1 heterocycles. The van der Waals surface area contributed by atoms with Crippen LogP contribution in [0.25, 0.3) is 0 Å². The van der Waals surface area contributed by atoms with E-state index in [4.69, 9.17) is 0 Å². The monoisotopic (exact) mass is 433 g/mol. The third kappa shape index (κ3) is 4.75. The van der Waals surface area contributed by atoms with Gasteiger partial charge in [-0.3, -0.25) is 4.79 Å². The summed E-state index contributed by atoms with van der Waals surface area (Å²) in [4.78, 5) is 13.7. The molecule has 0 spiro atoms. The third-order valence-corrected chi connectivity index (χ3v) is 7.58. The summed E-state index contributed by atoms with van der Waals surface area (Å²) in [6.45, 7) is 2.62. The number of carbonyl (C=O) groups excluding carboxylic acids is 1. The number of hydrogen-bond acceptors (Lipinski definition) is 4. The van der Waals surface area contributed by atoms with Crippen molar-refractivity contribution < 1.29 is 26.4 Å². The van der Waals surface area contributed by atoms with Crippen LogP contribution >= 0.6 is 0 Å². The Bertz CT molecular complexity index is 848. The maximum absolute atomic E-state index is 13.2. The zero-order valence-corrected chi connectivity index (χ0v) is 17.3. The number of rotatable bonds is 6. The largest absolute Gasteiger partial charge is 0.416 e. The minimum Gasteiger partial charge on any atom is -0.341 e. The van der Waals surface area contributed by atoms with Gasteiger partial charge in [0.1, 0.15) is 0 Å². The molecule has 0 aromatic heterocycles. The van der Waals surface area contributed by atoms with Crippen molar-refractivity contribution in [3.8, 4) is 0 Å². The Labute approximate surface area is 169 Å². The maximum Gasteiger partial charge on any atom is 0.416 e. The highest BCUT2D eigenvalue weighted by Crippen LogP contribution is 2.38. The van der Waals surface area contributed by atoms with Crippen molar-refractivity contribution in [1.29, 1.82) is 0 Å². The molecule has 162 valence electrons. The van der Waals surface area contributed by atoms with Gasteiger partial charge in [-0.15, -0.1) is 0 Å². The topological polar surface area (TPSA) is 69.7 Å². The Morgan fingerprint density at radius 2 is 1.76 bits per heavy atom. The van der Waals surface area contributed by atoms with Gasteiger partial charge < -0.3 is 10.2 Å². The van der Waals surface area contributed by atoms with Crippen molar-refractivity contribution in [3.05, 3.63) is 29.8 Å². The van der Waals surface area contributed by atoms with Crippen molar-refractivity contribution in [2.45, 2.75) is 61.8 Å². The van der Waals surface area contributed by atoms with Crippen molar-refractivity contribution >= 4 is 15.9 Å². The van der Waals surface area contributed by atoms with Crippen LogP contribution < -0.4 is 5.32 Å². The molecular formula is C19H26F3N3O3S. The first-order chi connectivity index (χ1) is 13.6. The van der Waals surface area contributed by atoms with Crippen LogP contribution in [0.3, 0.4) is 0 Å². The predicted molar refractivity (Wildman–Crippen MR) is 102 cm³/mol. The molecule has 1 aromatic carbocycles. The highest BCUT2D eigenvalue weighted by molar-refractivity contribution is 7.89. The second kappa shape index (κ2) is 8.23. The number of carbonyl (C=O) groups is 1. The van der Waals surface area contributed by atoms with E-state index >= 15 is 0 Å². The fraction of sp³-hybridized carbons (Fsp3) is 0.632. The van der Waals surface area contributed by atoms with E-state index in [1.165, 1.54) is 10.4 Å². The summed E-state index contributed by atoms with van der Waals surface area (Å²) in [6.07, 6.45) is -2.26. The lowest BCUT2D eigenvalue weighted by Gasteiger charge is -2.38. The molecule has 2 aliphatic rings. The zero-order valence-electron chi connectivity index (χ0n) is 16.4. The first kappa shape index (κ1) is 22.0. The summed E-state index contributed by atoms with van der Waals surface area (Å²) in [7, 11) is -2.36. The quantitative estimate of drug-likeness (QED) is 0.748. The van der Waals surface area contributed by atoms with Gasteiger partial charge in [-0.05, 0) is 57.9 Å². The molecule has 0 bridgehead atoms. The van der Waals surface area contributed by atoms with Crippen LogP contribution in [-0.2, 0) is 21.0 Å². The van der Waals surface area contributed by atoms with E-state index in [0.29, 0.717) is 44.8 Å². The first-order valence-electron chi connectivity index (χ1n) is 9.72. The molecule has 0 radical (unpaired) electrons. The molecule has 1 N–H and O–H groups in total. The Balaban J connectivity index is 1.80. The van der Waals surface area contributed by atoms with Crippen molar-refractivity contribution in [2.24, 2.45) is 0 Å². The van der Waals surface area contributed by atoms with E-state index < -0.39 is 21.8 Å². The van der Waals surface area contributed by atoms with Crippen LogP contribution in [0.5, 0.6) is 0 Å². The Morgan fingerprint density at radius 3 is 2.28 bits per heavy atom. The zero-order chi connectivity index (χ0) is 21.4. The average molecular weight is 433 g/mol. The van der Waals surface area contributed by atoms with Gasteiger partial charge in [0.15, 0.2) is 0 Å². The molecule has 0 unspecified atom stereocenters.